The van der Waals surface area contributed by atoms with Gasteiger partial charge in [0.25, 0.3) is 0 Å². The first-order valence-corrected chi connectivity index (χ1v) is 6.20. The highest BCUT2D eigenvalue weighted by Gasteiger charge is 2.35. The molecule has 0 saturated carbocycles. The Morgan fingerprint density at radius 2 is 2.00 bits per heavy atom. The first-order chi connectivity index (χ1) is 7.91. The van der Waals surface area contributed by atoms with Crippen molar-refractivity contribution in [2.24, 2.45) is 5.73 Å². The maximum atomic E-state index is 11.4. The van der Waals surface area contributed by atoms with Crippen LogP contribution in [-0.2, 0) is 19.1 Å². The molecule has 0 radical (unpaired) electrons. The van der Waals surface area contributed by atoms with Gasteiger partial charge in [-0.05, 0) is 19.3 Å². The van der Waals surface area contributed by atoms with E-state index in [1.165, 1.54) is 14.2 Å². The summed E-state index contributed by atoms with van der Waals surface area (Å²) < 4.78 is 8.12. The smallest absolute Gasteiger partial charge is 0.324 e. The van der Waals surface area contributed by atoms with Crippen LogP contribution < -0.4 is 5.73 Å². The molecule has 0 aliphatic carbocycles. The van der Waals surface area contributed by atoms with E-state index >= 15 is 0 Å². The molecular formula is C10H18INO5. The van der Waals surface area contributed by atoms with Gasteiger partial charge >= 0.3 is 11.9 Å². The third kappa shape index (κ3) is 5.17. The van der Waals surface area contributed by atoms with Crippen LogP contribution in [0.4, 0.5) is 0 Å². The van der Waals surface area contributed by atoms with Gasteiger partial charge in [-0.3, -0.25) is 9.59 Å². The number of hydrogen-bond donors (Lipinski definition) is 2. The third-order valence-electron chi connectivity index (χ3n) is 2.39. The molecular weight excluding hydrogens is 341 g/mol. The Morgan fingerprint density at radius 1 is 1.41 bits per heavy atom. The molecule has 17 heavy (non-hydrogen) atoms. The normalized spacial score (nSPS) is 15.8. The number of halogens is 1. The Morgan fingerprint density at radius 3 is 2.41 bits per heavy atom. The Balaban J connectivity index is 4.17. The number of esters is 2. The van der Waals surface area contributed by atoms with Gasteiger partial charge in [0.1, 0.15) is 9.46 Å². The maximum absolute atomic E-state index is 11.4. The predicted octanol–water partition coefficient (Wildman–Crippen LogP) is -0.00390. The first-order valence-electron chi connectivity index (χ1n) is 5.13. The van der Waals surface area contributed by atoms with Crippen molar-refractivity contribution in [3.8, 4) is 0 Å². The van der Waals surface area contributed by atoms with E-state index in [9.17, 15) is 14.7 Å². The molecule has 0 bridgehead atoms. The third-order valence-corrected chi connectivity index (χ3v) is 3.71. The van der Waals surface area contributed by atoms with E-state index in [-0.39, 0.29) is 6.61 Å². The molecule has 100 valence electrons. The Bertz CT molecular complexity index is 273. The molecule has 0 heterocycles. The molecule has 0 aromatic heterocycles. The highest BCUT2D eigenvalue weighted by Crippen LogP contribution is 2.27. The van der Waals surface area contributed by atoms with Gasteiger partial charge in [-0.15, -0.1) is 0 Å². The average molecular weight is 359 g/mol. The lowest BCUT2D eigenvalue weighted by molar-refractivity contribution is -0.144. The molecule has 0 amide bonds. The van der Waals surface area contributed by atoms with Crippen LogP contribution in [0.5, 0.6) is 0 Å². The van der Waals surface area contributed by atoms with Gasteiger partial charge in [0, 0.05) is 0 Å². The number of hydrogen-bond acceptors (Lipinski definition) is 6. The summed E-state index contributed by atoms with van der Waals surface area (Å²) in [6.07, 6.45) is 1.31. The highest BCUT2D eigenvalue weighted by atomic mass is 127. The van der Waals surface area contributed by atoms with Crippen LogP contribution in [0.1, 0.15) is 19.3 Å². The standard InChI is InChI=1S/C10H18INO5/c1-16-8(14)7(12)4-3-5-10(11,6-13)9(15)17-2/h7,13H,3-6,12H2,1-2H3. The van der Waals surface area contributed by atoms with Crippen molar-refractivity contribution in [1.82, 2.24) is 0 Å². The Hall–Kier alpha value is -0.410. The molecule has 7 heteroatoms. The van der Waals surface area contributed by atoms with Gasteiger partial charge in [0.05, 0.1) is 20.8 Å². The molecule has 0 spiro atoms. The van der Waals surface area contributed by atoms with Crippen molar-refractivity contribution in [3.63, 3.8) is 0 Å². The molecule has 0 aliphatic heterocycles. The number of carbonyl (C=O) groups excluding carboxylic acids is 2. The van der Waals surface area contributed by atoms with Gasteiger partial charge < -0.3 is 20.3 Å². The van der Waals surface area contributed by atoms with Gasteiger partial charge in [-0.1, -0.05) is 22.6 Å². The number of aliphatic hydroxyl groups excluding tert-OH is 1. The van der Waals surface area contributed by atoms with Crippen molar-refractivity contribution in [2.45, 2.75) is 28.7 Å². The van der Waals surface area contributed by atoms with Crippen LogP contribution in [0.15, 0.2) is 0 Å². The molecule has 2 atom stereocenters. The van der Waals surface area contributed by atoms with Gasteiger partial charge in [0.15, 0.2) is 0 Å². The minimum Gasteiger partial charge on any atom is -0.468 e. The highest BCUT2D eigenvalue weighted by molar-refractivity contribution is 14.1. The second-order valence-corrected chi connectivity index (χ2v) is 5.70. The summed E-state index contributed by atoms with van der Waals surface area (Å²) in [6.45, 7) is -0.312. The second-order valence-electron chi connectivity index (χ2n) is 3.64. The molecule has 6 nitrogen and oxygen atoms in total. The second kappa shape index (κ2) is 7.83. The van der Waals surface area contributed by atoms with E-state index in [0.29, 0.717) is 19.3 Å². The summed E-state index contributed by atoms with van der Waals surface area (Å²) >= 11 is 1.86. The van der Waals surface area contributed by atoms with E-state index in [1.54, 1.807) is 0 Å². The van der Waals surface area contributed by atoms with Gasteiger partial charge in [-0.2, -0.15) is 0 Å². The summed E-state index contributed by atoms with van der Waals surface area (Å²) in [5.74, 6) is -0.960. The minimum atomic E-state index is -0.970. The topological polar surface area (TPSA) is 98.9 Å². The summed E-state index contributed by atoms with van der Waals surface area (Å²) in [5.41, 5.74) is 5.55. The van der Waals surface area contributed by atoms with Crippen LogP contribution in [0.2, 0.25) is 0 Å². The number of ether oxygens (including phenoxy) is 2. The van der Waals surface area contributed by atoms with Crippen LogP contribution in [-0.4, -0.2) is 47.3 Å². The summed E-state index contributed by atoms with van der Waals surface area (Å²) in [6, 6.07) is -0.697. The van der Waals surface area contributed by atoms with Crippen LogP contribution >= 0.6 is 22.6 Å². The molecule has 0 saturated heterocycles. The fourth-order valence-electron chi connectivity index (χ4n) is 1.30. The minimum absolute atomic E-state index is 0.312. The molecule has 0 aliphatic rings. The quantitative estimate of drug-likeness (QED) is 0.377. The van der Waals surface area contributed by atoms with Crippen molar-refractivity contribution < 1.29 is 24.2 Å². The van der Waals surface area contributed by atoms with Crippen LogP contribution in [0, 0.1) is 0 Å². The number of carbonyl (C=O) groups is 2. The van der Waals surface area contributed by atoms with Crippen molar-refractivity contribution >= 4 is 34.5 Å². The largest absolute Gasteiger partial charge is 0.468 e. The zero-order chi connectivity index (χ0) is 13.5. The predicted molar refractivity (Wildman–Crippen MR) is 69.7 cm³/mol. The van der Waals surface area contributed by atoms with Crippen molar-refractivity contribution in [2.75, 3.05) is 20.8 Å². The van der Waals surface area contributed by atoms with E-state index < -0.39 is 21.4 Å². The summed E-state index contributed by atoms with van der Waals surface area (Å²) in [5, 5.41) is 9.18. The fourth-order valence-corrected chi connectivity index (χ4v) is 1.90. The lowest BCUT2D eigenvalue weighted by atomic mass is 10.0. The SMILES string of the molecule is COC(=O)C(N)CCCC(I)(CO)C(=O)OC. The van der Waals surface area contributed by atoms with E-state index in [2.05, 4.69) is 9.47 Å². The van der Waals surface area contributed by atoms with Crippen LogP contribution in [0.25, 0.3) is 0 Å². The molecule has 0 rings (SSSR count). The number of nitrogens with two attached hydrogens (primary N) is 1. The number of alkyl halides is 1. The number of aliphatic hydroxyl groups is 1. The summed E-state index contributed by atoms with van der Waals surface area (Å²) in [4.78, 5) is 22.5. The van der Waals surface area contributed by atoms with Gasteiger partial charge in [0.2, 0.25) is 0 Å². The van der Waals surface area contributed by atoms with E-state index in [4.69, 9.17) is 5.73 Å². The zero-order valence-electron chi connectivity index (χ0n) is 9.94. The number of methoxy groups -OCH3 is 2. The average Bonchev–Trinajstić information content (AvgIpc) is 2.35. The Kier molecular flexibility index (Phi) is 7.64. The maximum Gasteiger partial charge on any atom is 0.324 e. The van der Waals surface area contributed by atoms with E-state index in [0.717, 1.165) is 0 Å². The molecule has 0 aromatic carbocycles. The first kappa shape index (κ1) is 16.6. The lowest BCUT2D eigenvalue weighted by Gasteiger charge is -2.22. The fraction of sp³-hybridized carbons (Fsp3) is 0.800. The Labute approximate surface area is 114 Å². The molecule has 0 fully saturated rings. The summed E-state index contributed by atoms with van der Waals surface area (Å²) in [7, 11) is 2.54. The van der Waals surface area contributed by atoms with Gasteiger partial charge in [-0.25, -0.2) is 0 Å². The van der Waals surface area contributed by atoms with Crippen molar-refractivity contribution in [1.29, 1.82) is 0 Å². The van der Waals surface area contributed by atoms with Crippen molar-refractivity contribution in [3.05, 3.63) is 0 Å². The molecule has 0 aromatic rings. The monoisotopic (exact) mass is 359 g/mol. The van der Waals surface area contributed by atoms with Crippen LogP contribution in [0.3, 0.4) is 0 Å². The molecule has 2 unspecified atom stereocenters. The molecule has 3 N–H and O–H groups in total. The zero-order valence-corrected chi connectivity index (χ0v) is 12.1. The van der Waals surface area contributed by atoms with E-state index in [1.807, 2.05) is 22.6 Å². The lowest BCUT2D eigenvalue weighted by Crippen LogP contribution is -2.38. The number of rotatable bonds is 7.